The van der Waals surface area contributed by atoms with Gasteiger partial charge in [0.1, 0.15) is 11.3 Å². The molecule has 2 aromatic carbocycles. The standard InChI is InChI=1S/C18H13ClN2O.ClH/c19-15-5-6-17-14(9-15)10-18(22-17)16-4-2-1-3-13(16)11-21-8-7-20-12-21;/h1-10,12H,11H2;1H. The van der Waals surface area contributed by atoms with E-state index in [1.165, 1.54) is 5.56 Å². The molecule has 0 aliphatic heterocycles. The quantitative estimate of drug-likeness (QED) is 0.496. The van der Waals surface area contributed by atoms with Crippen molar-refractivity contribution in [2.75, 3.05) is 0 Å². The molecule has 0 N–H and O–H groups in total. The van der Waals surface area contributed by atoms with E-state index in [4.69, 9.17) is 16.0 Å². The Balaban J connectivity index is 0.00000156. The van der Waals surface area contributed by atoms with Gasteiger partial charge in [-0.1, -0.05) is 35.9 Å². The summed E-state index contributed by atoms with van der Waals surface area (Å²) in [4.78, 5) is 4.09. The molecule has 4 aromatic rings. The number of fused-ring (bicyclic) bond motifs is 1. The molecule has 0 amide bonds. The summed E-state index contributed by atoms with van der Waals surface area (Å²) in [5, 5.41) is 1.73. The number of nitrogens with zero attached hydrogens (tertiary/aromatic N) is 2. The number of benzene rings is 2. The Bertz CT molecular complexity index is 929. The third-order valence-electron chi connectivity index (χ3n) is 3.67. The lowest BCUT2D eigenvalue weighted by Gasteiger charge is -2.07. The van der Waals surface area contributed by atoms with Crippen LogP contribution in [0.1, 0.15) is 5.56 Å². The summed E-state index contributed by atoms with van der Waals surface area (Å²) < 4.78 is 8.03. The summed E-state index contributed by atoms with van der Waals surface area (Å²) >= 11 is 6.05. The second-order valence-corrected chi connectivity index (χ2v) is 5.62. The van der Waals surface area contributed by atoms with E-state index in [-0.39, 0.29) is 12.4 Å². The minimum absolute atomic E-state index is 0. The highest BCUT2D eigenvalue weighted by Gasteiger charge is 2.11. The maximum atomic E-state index is 6.05. The van der Waals surface area contributed by atoms with Gasteiger partial charge in [0.05, 0.1) is 6.33 Å². The highest BCUT2D eigenvalue weighted by molar-refractivity contribution is 6.31. The molecule has 3 nitrogen and oxygen atoms in total. The first-order valence-electron chi connectivity index (χ1n) is 7.03. The number of halogens is 2. The van der Waals surface area contributed by atoms with E-state index in [1.54, 1.807) is 6.20 Å². The fourth-order valence-electron chi connectivity index (χ4n) is 2.62. The number of hydrogen-bond donors (Lipinski definition) is 0. The Kier molecular flexibility index (Phi) is 4.42. The SMILES string of the molecule is Cl.Clc1ccc2oc(-c3ccccc3Cn3ccnc3)cc2c1. The van der Waals surface area contributed by atoms with Crippen molar-refractivity contribution in [2.24, 2.45) is 0 Å². The zero-order chi connectivity index (χ0) is 14.9. The first-order valence-corrected chi connectivity index (χ1v) is 7.40. The van der Waals surface area contributed by atoms with Crippen molar-refractivity contribution in [2.45, 2.75) is 6.54 Å². The van der Waals surface area contributed by atoms with Crippen molar-refractivity contribution in [1.82, 2.24) is 9.55 Å². The summed E-state index contributed by atoms with van der Waals surface area (Å²) in [7, 11) is 0. The van der Waals surface area contributed by atoms with Gasteiger partial charge in [0.15, 0.2) is 0 Å². The molecule has 5 heteroatoms. The molecule has 23 heavy (non-hydrogen) atoms. The zero-order valence-electron chi connectivity index (χ0n) is 12.1. The van der Waals surface area contributed by atoms with Gasteiger partial charge in [-0.3, -0.25) is 0 Å². The van der Waals surface area contributed by atoms with Crippen LogP contribution in [0.25, 0.3) is 22.3 Å². The van der Waals surface area contributed by atoms with Crippen LogP contribution in [-0.4, -0.2) is 9.55 Å². The zero-order valence-corrected chi connectivity index (χ0v) is 13.7. The first-order chi connectivity index (χ1) is 10.8. The number of imidazole rings is 1. The Morgan fingerprint density at radius 1 is 1.09 bits per heavy atom. The lowest BCUT2D eigenvalue weighted by Crippen LogP contribution is -1.98. The van der Waals surface area contributed by atoms with E-state index in [0.29, 0.717) is 5.02 Å². The van der Waals surface area contributed by atoms with Gasteiger partial charge in [-0.25, -0.2) is 4.98 Å². The maximum Gasteiger partial charge on any atom is 0.135 e. The monoisotopic (exact) mass is 344 g/mol. The average molecular weight is 345 g/mol. The van der Waals surface area contributed by atoms with Crippen LogP contribution in [0, 0.1) is 0 Å². The fraction of sp³-hybridized carbons (Fsp3) is 0.0556. The molecule has 2 aromatic heterocycles. The molecular weight excluding hydrogens is 331 g/mol. The van der Waals surface area contributed by atoms with Crippen LogP contribution in [0.4, 0.5) is 0 Å². The molecule has 0 saturated heterocycles. The van der Waals surface area contributed by atoms with Crippen LogP contribution < -0.4 is 0 Å². The van der Waals surface area contributed by atoms with E-state index < -0.39 is 0 Å². The van der Waals surface area contributed by atoms with E-state index in [1.807, 2.05) is 53.5 Å². The largest absolute Gasteiger partial charge is 0.456 e. The molecular formula is C18H14Cl2N2O. The molecule has 0 spiro atoms. The van der Waals surface area contributed by atoms with Crippen molar-refractivity contribution in [3.8, 4) is 11.3 Å². The molecule has 0 aliphatic rings. The molecule has 0 aliphatic carbocycles. The summed E-state index contributed by atoms with van der Waals surface area (Å²) in [6.07, 6.45) is 5.55. The van der Waals surface area contributed by atoms with Gasteiger partial charge >= 0.3 is 0 Å². The molecule has 0 saturated carbocycles. The smallest absolute Gasteiger partial charge is 0.135 e. The predicted molar refractivity (Wildman–Crippen MR) is 95.2 cm³/mol. The topological polar surface area (TPSA) is 31.0 Å². The minimum Gasteiger partial charge on any atom is -0.456 e. The molecule has 0 bridgehead atoms. The van der Waals surface area contributed by atoms with E-state index in [2.05, 4.69) is 17.1 Å². The highest BCUT2D eigenvalue weighted by atomic mass is 35.5. The second kappa shape index (κ2) is 6.49. The highest BCUT2D eigenvalue weighted by Crippen LogP contribution is 2.31. The van der Waals surface area contributed by atoms with E-state index in [0.717, 1.165) is 28.8 Å². The van der Waals surface area contributed by atoms with Crippen LogP contribution >= 0.6 is 24.0 Å². The number of rotatable bonds is 3. The van der Waals surface area contributed by atoms with Crippen molar-refractivity contribution in [1.29, 1.82) is 0 Å². The molecule has 0 radical (unpaired) electrons. The Morgan fingerprint density at radius 3 is 2.78 bits per heavy atom. The molecule has 0 fully saturated rings. The Morgan fingerprint density at radius 2 is 1.96 bits per heavy atom. The van der Waals surface area contributed by atoms with Gasteiger partial charge < -0.3 is 8.98 Å². The van der Waals surface area contributed by atoms with Crippen molar-refractivity contribution in [3.63, 3.8) is 0 Å². The average Bonchev–Trinajstić information content (AvgIpc) is 3.16. The number of furan rings is 1. The van der Waals surface area contributed by atoms with Crippen LogP contribution in [-0.2, 0) is 6.54 Å². The van der Waals surface area contributed by atoms with Crippen LogP contribution in [0.15, 0.2) is 71.7 Å². The van der Waals surface area contributed by atoms with Crippen molar-refractivity contribution < 1.29 is 4.42 Å². The lowest BCUT2D eigenvalue weighted by atomic mass is 10.0. The number of aromatic nitrogens is 2. The van der Waals surface area contributed by atoms with Crippen molar-refractivity contribution in [3.05, 3.63) is 77.8 Å². The molecule has 0 atom stereocenters. The van der Waals surface area contributed by atoms with Gasteiger partial charge in [0, 0.05) is 34.9 Å². The fourth-order valence-corrected chi connectivity index (χ4v) is 2.80. The molecule has 116 valence electrons. The van der Waals surface area contributed by atoms with Crippen LogP contribution in [0.2, 0.25) is 5.02 Å². The van der Waals surface area contributed by atoms with Crippen LogP contribution in [0.3, 0.4) is 0 Å². The second-order valence-electron chi connectivity index (χ2n) is 5.18. The van der Waals surface area contributed by atoms with Gasteiger partial charge in [-0.2, -0.15) is 0 Å². The summed E-state index contributed by atoms with van der Waals surface area (Å²) in [6, 6.07) is 15.9. The van der Waals surface area contributed by atoms with E-state index >= 15 is 0 Å². The lowest BCUT2D eigenvalue weighted by molar-refractivity contribution is 0.629. The third-order valence-corrected chi connectivity index (χ3v) is 3.91. The third kappa shape index (κ3) is 3.11. The van der Waals surface area contributed by atoms with Gasteiger partial charge in [-0.05, 0) is 29.8 Å². The Hall–Kier alpha value is -2.23. The predicted octanol–water partition coefficient (Wildman–Crippen LogP) is 5.42. The van der Waals surface area contributed by atoms with E-state index in [9.17, 15) is 0 Å². The normalized spacial score (nSPS) is 10.7. The summed E-state index contributed by atoms with van der Waals surface area (Å²) in [6.45, 7) is 0.758. The summed E-state index contributed by atoms with van der Waals surface area (Å²) in [5.41, 5.74) is 3.12. The summed E-state index contributed by atoms with van der Waals surface area (Å²) in [5.74, 6) is 0.855. The molecule has 4 rings (SSSR count). The first kappa shape index (κ1) is 15.7. The van der Waals surface area contributed by atoms with Crippen molar-refractivity contribution >= 4 is 35.0 Å². The molecule has 2 heterocycles. The van der Waals surface area contributed by atoms with Gasteiger partial charge in [0.2, 0.25) is 0 Å². The Labute approximate surface area is 144 Å². The number of hydrogen-bond acceptors (Lipinski definition) is 2. The van der Waals surface area contributed by atoms with Gasteiger partial charge in [-0.15, -0.1) is 12.4 Å². The van der Waals surface area contributed by atoms with Crippen LogP contribution in [0.5, 0.6) is 0 Å². The minimum atomic E-state index is 0. The molecule has 0 unspecified atom stereocenters. The van der Waals surface area contributed by atoms with Gasteiger partial charge in [0.25, 0.3) is 0 Å². The maximum absolute atomic E-state index is 6.05.